The van der Waals surface area contributed by atoms with Gasteiger partial charge in [-0.05, 0) is 31.2 Å². The summed E-state index contributed by atoms with van der Waals surface area (Å²) in [4.78, 5) is 24.2. The molecular weight excluding hydrogens is 264 g/mol. The minimum Gasteiger partial charge on any atom is -0.358 e. The molecule has 1 amide bonds. The Labute approximate surface area is 121 Å². The van der Waals surface area contributed by atoms with Crippen LogP contribution < -0.4 is 5.32 Å². The number of aromatic nitrogens is 3. The number of nitrogens with one attached hydrogen (secondary N) is 2. The van der Waals surface area contributed by atoms with Gasteiger partial charge in [-0.2, -0.15) is 0 Å². The number of aryl methyl sites for hydroxylation is 1. The van der Waals surface area contributed by atoms with Gasteiger partial charge < -0.3 is 10.3 Å². The molecule has 0 radical (unpaired) electrons. The Morgan fingerprint density at radius 1 is 1.19 bits per heavy atom. The number of carbonyl (C=O) groups excluding carboxylic acids is 1. The molecule has 0 saturated carbocycles. The molecular formula is C16H14N4O. The third-order valence-electron chi connectivity index (χ3n) is 3.82. The maximum atomic E-state index is 11.9. The summed E-state index contributed by atoms with van der Waals surface area (Å²) >= 11 is 0. The molecule has 1 aliphatic heterocycles. The molecule has 1 aliphatic rings. The molecule has 5 heteroatoms. The molecule has 0 bridgehead atoms. The van der Waals surface area contributed by atoms with Crippen molar-refractivity contribution in [2.75, 3.05) is 6.54 Å². The zero-order valence-corrected chi connectivity index (χ0v) is 11.6. The molecule has 4 heterocycles. The van der Waals surface area contributed by atoms with E-state index in [2.05, 4.69) is 20.3 Å². The number of rotatable bonds is 1. The lowest BCUT2D eigenvalue weighted by atomic mass is 10.1. The summed E-state index contributed by atoms with van der Waals surface area (Å²) in [7, 11) is 0. The Morgan fingerprint density at radius 2 is 2.10 bits per heavy atom. The first-order valence-corrected chi connectivity index (χ1v) is 6.95. The highest BCUT2D eigenvalue weighted by Gasteiger charge is 2.20. The van der Waals surface area contributed by atoms with Crippen molar-refractivity contribution in [1.29, 1.82) is 0 Å². The van der Waals surface area contributed by atoms with Crippen molar-refractivity contribution in [1.82, 2.24) is 20.3 Å². The quantitative estimate of drug-likeness (QED) is 0.717. The Hall–Kier alpha value is -2.69. The summed E-state index contributed by atoms with van der Waals surface area (Å²) in [6.45, 7) is 2.64. The average Bonchev–Trinajstić information content (AvgIpc) is 2.92. The van der Waals surface area contributed by atoms with Crippen LogP contribution in [-0.2, 0) is 6.42 Å². The van der Waals surface area contributed by atoms with Crippen LogP contribution in [0.25, 0.3) is 22.3 Å². The van der Waals surface area contributed by atoms with Gasteiger partial charge in [-0.1, -0.05) is 0 Å². The molecule has 0 fully saturated rings. The van der Waals surface area contributed by atoms with Crippen molar-refractivity contribution in [3.63, 3.8) is 0 Å². The first kappa shape index (κ1) is 12.1. The van der Waals surface area contributed by atoms with Gasteiger partial charge in [0.25, 0.3) is 5.91 Å². The van der Waals surface area contributed by atoms with Gasteiger partial charge >= 0.3 is 0 Å². The fourth-order valence-corrected chi connectivity index (χ4v) is 2.78. The van der Waals surface area contributed by atoms with E-state index in [1.165, 1.54) is 0 Å². The van der Waals surface area contributed by atoms with Crippen molar-refractivity contribution in [3.05, 3.63) is 47.4 Å². The van der Waals surface area contributed by atoms with Crippen molar-refractivity contribution in [2.24, 2.45) is 0 Å². The molecule has 0 spiro atoms. The number of pyridine rings is 2. The minimum absolute atomic E-state index is 0.0127. The zero-order valence-electron chi connectivity index (χ0n) is 11.6. The van der Waals surface area contributed by atoms with Gasteiger partial charge in [0, 0.05) is 41.8 Å². The lowest BCUT2D eigenvalue weighted by molar-refractivity contribution is 0.0946. The standard InChI is InChI=1S/C16H14N4O/c1-9-2-3-13-15(19-9)10(4-6-17-13)14-8-11-12(20-14)5-7-18-16(11)21/h2-4,6,8,20H,5,7H2,1H3,(H,18,21). The predicted molar refractivity (Wildman–Crippen MR) is 80.1 cm³/mol. The SMILES string of the molecule is Cc1ccc2nccc(-c3cc4c([nH]3)CCNC4=O)c2n1. The Bertz CT molecular complexity index is 866. The van der Waals surface area contributed by atoms with Gasteiger partial charge in [0.2, 0.25) is 0 Å². The van der Waals surface area contributed by atoms with Gasteiger partial charge in [-0.25, -0.2) is 0 Å². The second-order valence-electron chi connectivity index (χ2n) is 5.26. The van der Waals surface area contributed by atoms with E-state index in [1.54, 1.807) is 6.20 Å². The third kappa shape index (κ3) is 1.89. The molecule has 0 aromatic carbocycles. The van der Waals surface area contributed by atoms with E-state index in [0.717, 1.165) is 45.7 Å². The monoisotopic (exact) mass is 278 g/mol. The highest BCUT2D eigenvalue weighted by molar-refractivity contribution is 5.99. The minimum atomic E-state index is -0.0127. The number of hydrogen-bond acceptors (Lipinski definition) is 3. The van der Waals surface area contributed by atoms with Crippen LogP contribution in [0.4, 0.5) is 0 Å². The van der Waals surface area contributed by atoms with E-state index in [1.807, 2.05) is 31.2 Å². The van der Waals surface area contributed by atoms with Crippen LogP contribution in [0.15, 0.2) is 30.5 Å². The first-order chi connectivity index (χ1) is 10.2. The summed E-state index contributed by atoms with van der Waals surface area (Å²) in [5.41, 5.74) is 6.28. The lowest BCUT2D eigenvalue weighted by Crippen LogP contribution is -2.31. The lowest BCUT2D eigenvalue weighted by Gasteiger charge is -2.11. The van der Waals surface area contributed by atoms with Crippen LogP contribution in [0.2, 0.25) is 0 Å². The van der Waals surface area contributed by atoms with E-state index < -0.39 is 0 Å². The summed E-state index contributed by atoms with van der Waals surface area (Å²) in [5.74, 6) is -0.0127. The van der Waals surface area contributed by atoms with Gasteiger partial charge in [-0.15, -0.1) is 0 Å². The molecule has 5 nitrogen and oxygen atoms in total. The van der Waals surface area contributed by atoms with Gasteiger partial charge in [-0.3, -0.25) is 14.8 Å². The Balaban J connectivity index is 1.95. The summed E-state index contributed by atoms with van der Waals surface area (Å²) in [6, 6.07) is 7.76. The maximum Gasteiger partial charge on any atom is 0.253 e. The van der Waals surface area contributed by atoms with E-state index in [9.17, 15) is 4.79 Å². The van der Waals surface area contributed by atoms with Gasteiger partial charge in [0.05, 0.1) is 16.6 Å². The highest BCUT2D eigenvalue weighted by Crippen LogP contribution is 2.28. The van der Waals surface area contributed by atoms with Gasteiger partial charge in [0.15, 0.2) is 0 Å². The molecule has 0 unspecified atom stereocenters. The number of amides is 1. The van der Waals surface area contributed by atoms with E-state index in [4.69, 9.17) is 0 Å². The van der Waals surface area contributed by atoms with Crippen LogP contribution in [0.5, 0.6) is 0 Å². The molecule has 104 valence electrons. The van der Waals surface area contributed by atoms with Crippen LogP contribution >= 0.6 is 0 Å². The van der Waals surface area contributed by atoms with Gasteiger partial charge in [0.1, 0.15) is 0 Å². The molecule has 0 saturated heterocycles. The Morgan fingerprint density at radius 3 is 2.95 bits per heavy atom. The largest absolute Gasteiger partial charge is 0.358 e. The number of aromatic amines is 1. The van der Waals surface area contributed by atoms with Crippen LogP contribution in [0.1, 0.15) is 21.7 Å². The van der Waals surface area contributed by atoms with Crippen molar-refractivity contribution in [3.8, 4) is 11.3 Å². The molecule has 3 aromatic heterocycles. The average molecular weight is 278 g/mol. The number of fused-ring (bicyclic) bond motifs is 2. The van der Waals surface area contributed by atoms with Crippen LogP contribution in [0.3, 0.4) is 0 Å². The van der Waals surface area contributed by atoms with E-state index in [-0.39, 0.29) is 5.91 Å². The molecule has 0 atom stereocenters. The first-order valence-electron chi connectivity index (χ1n) is 6.95. The number of carbonyl (C=O) groups is 1. The fourth-order valence-electron chi connectivity index (χ4n) is 2.78. The molecule has 2 N–H and O–H groups in total. The van der Waals surface area contributed by atoms with Crippen molar-refractivity contribution in [2.45, 2.75) is 13.3 Å². The fraction of sp³-hybridized carbons (Fsp3) is 0.188. The third-order valence-corrected chi connectivity index (χ3v) is 3.82. The second kappa shape index (κ2) is 4.41. The molecule has 0 aliphatic carbocycles. The van der Waals surface area contributed by atoms with Crippen molar-refractivity contribution < 1.29 is 4.79 Å². The predicted octanol–water partition coefficient (Wildman–Crippen LogP) is 2.22. The normalized spacial score (nSPS) is 14.0. The van der Waals surface area contributed by atoms with Crippen molar-refractivity contribution >= 4 is 16.9 Å². The number of hydrogen-bond donors (Lipinski definition) is 2. The smallest absolute Gasteiger partial charge is 0.253 e. The summed E-state index contributed by atoms with van der Waals surface area (Å²) in [6.07, 6.45) is 2.60. The second-order valence-corrected chi connectivity index (χ2v) is 5.26. The molecule has 4 rings (SSSR count). The van der Waals surface area contributed by atoms with E-state index in [0.29, 0.717) is 6.54 Å². The molecule has 21 heavy (non-hydrogen) atoms. The summed E-state index contributed by atoms with van der Waals surface area (Å²) in [5, 5.41) is 2.86. The van der Waals surface area contributed by atoms with Crippen LogP contribution in [-0.4, -0.2) is 27.4 Å². The zero-order chi connectivity index (χ0) is 14.4. The number of nitrogens with zero attached hydrogens (tertiary/aromatic N) is 2. The number of H-pyrrole nitrogens is 1. The van der Waals surface area contributed by atoms with E-state index >= 15 is 0 Å². The Kier molecular flexibility index (Phi) is 2.54. The topological polar surface area (TPSA) is 70.7 Å². The maximum absolute atomic E-state index is 11.9. The van der Waals surface area contributed by atoms with Crippen LogP contribution in [0, 0.1) is 6.92 Å². The molecule has 3 aromatic rings. The highest BCUT2D eigenvalue weighted by atomic mass is 16.1. The summed E-state index contributed by atoms with van der Waals surface area (Å²) < 4.78 is 0.